The molecular formula is C22H21ClN2O4. The van der Waals surface area contributed by atoms with E-state index in [1.165, 1.54) is 16.7 Å². The number of nitrogens with two attached hydrogens (primary N) is 1. The minimum Gasteiger partial charge on any atom is -0.487 e. The molecule has 0 unspecified atom stereocenters. The lowest BCUT2D eigenvalue weighted by molar-refractivity contribution is 0.0697. The van der Waals surface area contributed by atoms with Crippen LogP contribution in [0.15, 0.2) is 53.3 Å². The Morgan fingerprint density at radius 3 is 2.48 bits per heavy atom. The number of rotatable bonds is 6. The lowest BCUT2D eigenvalue weighted by Gasteiger charge is -2.17. The number of benzene rings is 2. The molecule has 0 radical (unpaired) electrons. The molecule has 0 aliphatic rings. The van der Waals surface area contributed by atoms with Crippen LogP contribution in [-0.4, -0.2) is 15.6 Å². The van der Waals surface area contributed by atoms with Gasteiger partial charge in [-0.05, 0) is 42.7 Å². The zero-order valence-corrected chi connectivity index (χ0v) is 16.9. The Labute approximate surface area is 173 Å². The maximum atomic E-state index is 13.0. The summed E-state index contributed by atoms with van der Waals surface area (Å²) >= 11 is 6.32. The largest absolute Gasteiger partial charge is 0.487 e. The van der Waals surface area contributed by atoms with Gasteiger partial charge in [-0.25, -0.2) is 4.79 Å². The van der Waals surface area contributed by atoms with Gasteiger partial charge in [0.15, 0.2) is 0 Å². The molecule has 3 aromatic rings. The minimum absolute atomic E-state index is 0.0686. The smallest absolute Gasteiger partial charge is 0.335 e. The maximum absolute atomic E-state index is 13.0. The van der Waals surface area contributed by atoms with Gasteiger partial charge in [0.1, 0.15) is 17.4 Å². The van der Waals surface area contributed by atoms with E-state index >= 15 is 0 Å². The van der Waals surface area contributed by atoms with Crippen LogP contribution in [0, 0.1) is 13.8 Å². The number of hydrogen-bond donors (Lipinski definition) is 2. The van der Waals surface area contributed by atoms with E-state index in [9.17, 15) is 14.7 Å². The van der Waals surface area contributed by atoms with Gasteiger partial charge < -0.3 is 15.6 Å². The van der Waals surface area contributed by atoms with Crippen molar-refractivity contribution < 1.29 is 14.6 Å². The van der Waals surface area contributed by atoms with Gasteiger partial charge in [-0.3, -0.25) is 9.36 Å². The Morgan fingerprint density at radius 1 is 1.14 bits per heavy atom. The molecule has 0 spiro atoms. The molecule has 3 rings (SSSR count). The quantitative estimate of drug-likeness (QED) is 0.641. The van der Waals surface area contributed by atoms with Crippen molar-refractivity contribution in [3.63, 3.8) is 0 Å². The number of carboxylic acid groups (broad SMARTS) is 1. The molecule has 0 saturated heterocycles. The van der Waals surface area contributed by atoms with Crippen molar-refractivity contribution in [1.82, 2.24) is 4.57 Å². The number of carbonyl (C=O) groups is 1. The summed E-state index contributed by atoms with van der Waals surface area (Å²) in [4.78, 5) is 24.3. The first kappa shape index (κ1) is 20.6. The van der Waals surface area contributed by atoms with Crippen molar-refractivity contribution >= 4 is 17.6 Å². The van der Waals surface area contributed by atoms with Crippen molar-refractivity contribution in [3.8, 4) is 11.4 Å². The third kappa shape index (κ3) is 4.18. The molecule has 0 bridgehead atoms. The second-order valence-corrected chi connectivity index (χ2v) is 7.05. The SMILES string of the molecule is Cc1ccc(C(=O)O)cc1-n1c(C)cc(OCc2ccccc2CN)c(Cl)c1=O. The Balaban J connectivity index is 2.00. The van der Waals surface area contributed by atoms with Crippen LogP contribution < -0.4 is 16.0 Å². The number of aryl methyl sites for hydroxylation is 2. The molecule has 150 valence electrons. The van der Waals surface area contributed by atoms with Gasteiger partial charge in [0.2, 0.25) is 0 Å². The molecular weight excluding hydrogens is 392 g/mol. The number of halogens is 1. The van der Waals surface area contributed by atoms with Crippen molar-refractivity contribution in [2.75, 3.05) is 0 Å². The van der Waals surface area contributed by atoms with Crippen LogP contribution in [0.1, 0.15) is 32.7 Å². The Bertz CT molecular complexity index is 1140. The molecule has 1 heterocycles. The number of nitrogens with zero attached hydrogens (tertiary/aromatic N) is 1. The van der Waals surface area contributed by atoms with E-state index in [0.29, 0.717) is 17.9 Å². The zero-order valence-electron chi connectivity index (χ0n) is 16.1. The Kier molecular flexibility index (Phi) is 6.06. The second kappa shape index (κ2) is 8.51. The molecule has 3 N–H and O–H groups in total. The highest BCUT2D eigenvalue weighted by Crippen LogP contribution is 2.26. The summed E-state index contributed by atoms with van der Waals surface area (Å²) in [6, 6.07) is 13.9. The highest BCUT2D eigenvalue weighted by atomic mass is 35.5. The first-order valence-electron chi connectivity index (χ1n) is 8.99. The Morgan fingerprint density at radius 2 is 1.83 bits per heavy atom. The zero-order chi connectivity index (χ0) is 21.1. The van der Waals surface area contributed by atoms with E-state index in [-0.39, 0.29) is 22.9 Å². The van der Waals surface area contributed by atoms with Gasteiger partial charge in [0, 0.05) is 18.3 Å². The highest BCUT2D eigenvalue weighted by Gasteiger charge is 2.17. The van der Waals surface area contributed by atoms with E-state index in [2.05, 4.69) is 0 Å². The summed E-state index contributed by atoms with van der Waals surface area (Å²) in [6.07, 6.45) is 0. The number of aromatic nitrogens is 1. The number of hydrogen-bond acceptors (Lipinski definition) is 4. The van der Waals surface area contributed by atoms with Crippen LogP contribution >= 0.6 is 11.6 Å². The summed E-state index contributed by atoms with van der Waals surface area (Å²) in [5.41, 5.74) is 9.03. The van der Waals surface area contributed by atoms with Gasteiger partial charge in [-0.1, -0.05) is 41.9 Å². The van der Waals surface area contributed by atoms with E-state index in [1.54, 1.807) is 26.0 Å². The highest BCUT2D eigenvalue weighted by molar-refractivity contribution is 6.31. The molecule has 0 aliphatic carbocycles. The molecule has 0 aliphatic heterocycles. The first-order chi connectivity index (χ1) is 13.8. The molecule has 0 saturated carbocycles. The van der Waals surface area contributed by atoms with E-state index in [0.717, 1.165) is 16.7 Å². The van der Waals surface area contributed by atoms with E-state index in [4.69, 9.17) is 22.1 Å². The molecule has 0 amide bonds. The van der Waals surface area contributed by atoms with Crippen LogP contribution in [0.25, 0.3) is 5.69 Å². The van der Waals surface area contributed by atoms with Crippen molar-refractivity contribution in [2.45, 2.75) is 27.0 Å². The van der Waals surface area contributed by atoms with Crippen molar-refractivity contribution in [1.29, 1.82) is 0 Å². The van der Waals surface area contributed by atoms with Crippen LogP contribution in [0.3, 0.4) is 0 Å². The van der Waals surface area contributed by atoms with Crippen molar-refractivity contribution in [3.05, 3.63) is 91.9 Å². The third-order valence-electron chi connectivity index (χ3n) is 4.72. The van der Waals surface area contributed by atoms with Gasteiger partial charge in [-0.15, -0.1) is 0 Å². The summed E-state index contributed by atoms with van der Waals surface area (Å²) in [6.45, 7) is 4.15. The summed E-state index contributed by atoms with van der Waals surface area (Å²) in [7, 11) is 0. The van der Waals surface area contributed by atoms with Gasteiger partial charge in [-0.2, -0.15) is 0 Å². The fraction of sp³-hybridized carbons (Fsp3) is 0.182. The number of carboxylic acids is 1. The summed E-state index contributed by atoms with van der Waals surface area (Å²) in [5, 5.41) is 9.19. The number of pyridine rings is 1. The molecule has 29 heavy (non-hydrogen) atoms. The summed E-state index contributed by atoms with van der Waals surface area (Å²) < 4.78 is 7.21. The lowest BCUT2D eigenvalue weighted by atomic mass is 10.1. The fourth-order valence-corrected chi connectivity index (χ4v) is 3.32. The Hall–Kier alpha value is -3.09. The number of ether oxygens (including phenoxy) is 1. The molecule has 6 nitrogen and oxygen atoms in total. The molecule has 7 heteroatoms. The van der Waals surface area contributed by atoms with Crippen LogP contribution in [0.4, 0.5) is 0 Å². The molecule has 0 fully saturated rings. The van der Waals surface area contributed by atoms with Crippen LogP contribution in [0.5, 0.6) is 5.75 Å². The normalized spacial score (nSPS) is 10.8. The van der Waals surface area contributed by atoms with Crippen LogP contribution in [0.2, 0.25) is 5.02 Å². The predicted molar refractivity (Wildman–Crippen MR) is 112 cm³/mol. The molecule has 1 aromatic heterocycles. The molecule has 0 atom stereocenters. The first-order valence-corrected chi connectivity index (χ1v) is 9.37. The minimum atomic E-state index is -1.07. The van der Waals surface area contributed by atoms with Gasteiger partial charge in [0.25, 0.3) is 5.56 Å². The van der Waals surface area contributed by atoms with E-state index < -0.39 is 11.5 Å². The summed E-state index contributed by atoms with van der Waals surface area (Å²) in [5.74, 6) is -0.800. The van der Waals surface area contributed by atoms with Crippen LogP contribution in [-0.2, 0) is 13.2 Å². The lowest BCUT2D eigenvalue weighted by Crippen LogP contribution is -2.23. The fourth-order valence-electron chi connectivity index (χ4n) is 3.12. The third-order valence-corrected chi connectivity index (χ3v) is 5.07. The monoisotopic (exact) mass is 412 g/mol. The van der Waals surface area contributed by atoms with Gasteiger partial charge in [0.05, 0.1) is 11.3 Å². The topological polar surface area (TPSA) is 94.5 Å². The number of aromatic carboxylic acids is 1. The predicted octanol–water partition coefficient (Wildman–Crippen LogP) is 3.84. The molecule has 2 aromatic carbocycles. The maximum Gasteiger partial charge on any atom is 0.335 e. The van der Waals surface area contributed by atoms with Crippen molar-refractivity contribution in [2.24, 2.45) is 5.73 Å². The second-order valence-electron chi connectivity index (χ2n) is 6.67. The average molecular weight is 413 g/mol. The standard InChI is InChI=1S/C22H21ClN2O4/c1-13-7-8-15(22(27)28)10-18(13)25-14(2)9-19(20(23)21(25)26)29-12-17-6-4-3-5-16(17)11-24/h3-10H,11-12,24H2,1-2H3,(H,27,28). The van der Waals surface area contributed by atoms with E-state index in [1.807, 2.05) is 24.3 Å². The average Bonchev–Trinajstić information content (AvgIpc) is 2.71. The van der Waals surface area contributed by atoms with Gasteiger partial charge >= 0.3 is 5.97 Å².